The maximum absolute atomic E-state index is 5.80. The molecule has 1 heterocycles. The summed E-state index contributed by atoms with van der Waals surface area (Å²) in [5, 5.41) is 11.7. The first-order chi connectivity index (χ1) is 10.2. The summed E-state index contributed by atoms with van der Waals surface area (Å²) in [4.78, 5) is 2.13. The highest BCUT2D eigenvalue weighted by atomic mass is 16.4. The van der Waals surface area contributed by atoms with E-state index >= 15 is 0 Å². The summed E-state index contributed by atoms with van der Waals surface area (Å²) in [5.74, 6) is 0.663. The molecule has 5 nitrogen and oxygen atoms in total. The summed E-state index contributed by atoms with van der Waals surface area (Å²) in [6.45, 7) is 5.70. The van der Waals surface area contributed by atoms with Crippen LogP contribution in [0.2, 0.25) is 0 Å². The molecule has 21 heavy (non-hydrogen) atoms. The third kappa shape index (κ3) is 3.82. The first-order valence-corrected chi connectivity index (χ1v) is 7.58. The highest BCUT2D eigenvalue weighted by molar-refractivity contribution is 5.29. The molecule has 3 rings (SSSR count). The lowest BCUT2D eigenvalue weighted by Crippen LogP contribution is -2.30. The third-order valence-corrected chi connectivity index (χ3v) is 3.64. The van der Waals surface area contributed by atoms with Crippen LogP contribution in [0.25, 0.3) is 0 Å². The van der Waals surface area contributed by atoms with E-state index in [1.165, 1.54) is 18.4 Å². The van der Waals surface area contributed by atoms with E-state index in [0.717, 1.165) is 6.54 Å². The van der Waals surface area contributed by atoms with Crippen molar-refractivity contribution in [3.63, 3.8) is 0 Å². The van der Waals surface area contributed by atoms with Gasteiger partial charge in [0.15, 0.2) is 0 Å². The Morgan fingerprint density at radius 2 is 2.00 bits per heavy atom. The zero-order valence-corrected chi connectivity index (χ0v) is 12.6. The van der Waals surface area contributed by atoms with E-state index in [-0.39, 0.29) is 0 Å². The minimum Gasteiger partial charge on any atom is -0.407 e. The van der Waals surface area contributed by atoms with Gasteiger partial charge in [0.2, 0.25) is 5.89 Å². The number of rotatable bonds is 7. The molecule has 0 saturated heterocycles. The van der Waals surface area contributed by atoms with E-state index in [2.05, 4.69) is 46.4 Å². The van der Waals surface area contributed by atoms with Gasteiger partial charge in [-0.3, -0.25) is 0 Å². The fourth-order valence-corrected chi connectivity index (χ4v) is 2.20. The average Bonchev–Trinajstić information content (AvgIpc) is 3.21. The first kappa shape index (κ1) is 14.1. The second-order valence-corrected chi connectivity index (χ2v) is 5.84. The molecule has 1 aromatic carbocycles. The minimum atomic E-state index is 0.301. The van der Waals surface area contributed by atoms with E-state index in [1.807, 2.05) is 18.2 Å². The third-order valence-electron chi connectivity index (χ3n) is 3.64. The predicted octanol–water partition coefficient (Wildman–Crippen LogP) is 2.74. The molecule has 0 bridgehead atoms. The maximum Gasteiger partial charge on any atom is 0.318 e. The molecule has 0 unspecified atom stereocenters. The molecule has 0 amide bonds. The largest absolute Gasteiger partial charge is 0.407 e. The van der Waals surface area contributed by atoms with Crippen molar-refractivity contribution in [3.8, 4) is 0 Å². The highest BCUT2D eigenvalue weighted by Gasteiger charge is 2.22. The lowest BCUT2D eigenvalue weighted by Gasteiger charge is -2.24. The van der Waals surface area contributed by atoms with Crippen LogP contribution < -0.4 is 10.2 Å². The lowest BCUT2D eigenvalue weighted by molar-refractivity contribution is 0.450. The van der Waals surface area contributed by atoms with Gasteiger partial charge in [0.05, 0.1) is 6.54 Å². The zero-order chi connectivity index (χ0) is 14.7. The van der Waals surface area contributed by atoms with E-state index in [4.69, 9.17) is 4.42 Å². The Kier molecular flexibility index (Phi) is 4.20. The van der Waals surface area contributed by atoms with Gasteiger partial charge in [-0.25, -0.2) is 0 Å². The molecule has 1 aliphatic rings. The van der Waals surface area contributed by atoms with Crippen molar-refractivity contribution < 1.29 is 4.42 Å². The van der Waals surface area contributed by atoms with Gasteiger partial charge in [-0.1, -0.05) is 35.4 Å². The average molecular weight is 286 g/mol. The highest BCUT2D eigenvalue weighted by Crippen LogP contribution is 2.21. The van der Waals surface area contributed by atoms with Gasteiger partial charge < -0.3 is 14.6 Å². The molecule has 1 N–H and O–H groups in total. The van der Waals surface area contributed by atoms with Crippen LogP contribution in [0.15, 0.2) is 34.7 Å². The molecule has 1 fully saturated rings. The quantitative estimate of drug-likeness (QED) is 0.848. The molecule has 1 saturated carbocycles. The fourth-order valence-electron chi connectivity index (χ4n) is 2.20. The van der Waals surface area contributed by atoms with Crippen LogP contribution in [0, 0.1) is 0 Å². The Balaban J connectivity index is 1.68. The van der Waals surface area contributed by atoms with Gasteiger partial charge in [-0.2, -0.15) is 0 Å². The van der Waals surface area contributed by atoms with E-state index < -0.39 is 0 Å². The molecule has 2 aromatic rings. The molecule has 0 aliphatic heterocycles. The Morgan fingerprint density at radius 3 is 2.67 bits per heavy atom. The number of hydrogen-bond donors (Lipinski definition) is 1. The van der Waals surface area contributed by atoms with E-state index in [1.54, 1.807) is 0 Å². The van der Waals surface area contributed by atoms with Crippen LogP contribution in [-0.2, 0) is 13.1 Å². The first-order valence-electron chi connectivity index (χ1n) is 7.58. The number of anilines is 1. The Hall–Kier alpha value is -1.88. The summed E-state index contributed by atoms with van der Waals surface area (Å²) >= 11 is 0. The second kappa shape index (κ2) is 6.26. The molecule has 112 valence electrons. The van der Waals surface area contributed by atoms with Gasteiger partial charge in [0.25, 0.3) is 0 Å². The monoisotopic (exact) mass is 286 g/mol. The Bertz CT molecular complexity index is 563. The molecule has 0 spiro atoms. The molecule has 1 aromatic heterocycles. The van der Waals surface area contributed by atoms with Crippen molar-refractivity contribution in [1.82, 2.24) is 15.5 Å². The molecular weight excluding hydrogens is 264 g/mol. The normalized spacial score (nSPS) is 14.6. The van der Waals surface area contributed by atoms with Crippen LogP contribution in [0.1, 0.15) is 38.1 Å². The number of aromatic nitrogens is 2. The number of nitrogens with one attached hydrogen (secondary N) is 1. The fraction of sp³-hybridized carbons (Fsp3) is 0.500. The van der Waals surface area contributed by atoms with Gasteiger partial charge in [0.1, 0.15) is 0 Å². The topological polar surface area (TPSA) is 54.2 Å². The van der Waals surface area contributed by atoms with Crippen LogP contribution in [0.4, 0.5) is 6.01 Å². The van der Waals surface area contributed by atoms with E-state index in [9.17, 15) is 0 Å². The summed E-state index contributed by atoms with van der Waals surface area (Å²) in [6, 6.07) is 11.9. The molecular formula is C16H22N4O. The minimum absolute atomic E-state index is 0.301. The van der Waals surface area contributed by atoms with Crippen molar-refractivity contribution in [3.05, 3.63) is 41.8 Å². The van der Waals surface area contributed by atoms with Gasteiger partial charge in [0, 0.05) is 18.6 Å². The van der Waals surface area contributed by atoms with Crippen LogP contribution in [0.3, 0.4) is 0 Å². The number of hydrogen-bond acceptors (Lipinski definition) is 5. The number of benzene rings is 1. The molecule has 1 aliphatic carbocycles. The van der Waals surface area contributed by atoms with Crippen molar-refractivity contribution >= 4 is 6.01 Å². The van der Waals surface area contributed by atoms with Crippen molar-refractivity contribution in [2.45, 2.75) is 51.9 Å². The summed E-state index contributed by atoms with van der Waals surface area (Å²) < 4.78 is 5.80. The van der Waals surface area contributed by atoms with Crippen molar-refractivity contribution in [2.24, 2.45) is 0 Å². The summed E-state index contributed by atoms with van der Waals surface area (Å²) in [5.41, 5.74) is 1.24. The van der Waals surface area contributed by atoms with Crippen LogP contribution in [0.5, 0.6) is 0 Å². The predicted molar refractivity (Wildman–Crippen MR) is 81.9 cm³/mol. The van der Waals surface area contributed by atoms with Crippen molar-refractivity contribution in [1.29, 1.82) is 0 Å². The molecule has 5 heteroatoms. The maximum atomic E-state index is 5.80. The standard InChI is InChI=1S/C16H22N4O/c1-12(2)20(11-13-6-4-3-5-7-13)16-19-18-15(21-16)10-17-14-8-9-14/h3-7,12,14,17H,8-11H2,1-2H3. The van der Waals surface area contributed by atoms with E-state index in [0.29, 0.717) is 30.5 Å². The van der Waals surface area contributed by atoms with Gasteiger partial charge in [-0.15, -0.1) is 5.10 Å². The lowest BCUT2D eigenvalue weighted by atomic mass is 10.2. The van der Waals surface area contributed by atoms with Gasteiger partial charge in [-0.05, 0) is 32.3 Å². The summed E-state index contributed by atoms with van der Waals surface area (Å²) in [7, 11) is 0. The molecule has 0 atom stereocenters. The zero-order valence-electron chi connectivity index (χ0n) is 12.6. The molecule has 0 radical (unpaired) electrons. The van der Waals surface area contributed by atoms with Gasteiger partial charge >= 0.3 is 6.01 Å². The Labute approximate surface area is 125 Å². The van der Waals surface area contributed by atoms with Crippen LogP contribution >= 0.6 is 0 Å². The summed E-state index contributed by atoms with van der Waals surface area (Å²) in [6.07, 6.45) is 2.51. The van der Waals surface area contributed by atoms with Crippen LogP contribution in [-0.4, -0.2) is 22.3 Å². The SMILES string of the molecule is CC(C)N(Cc1ccccc1)c1nnc(CNC2CC2)o1. The van der Waals surface area contributed by atoms with Crippen molar-refractivity contribution in [2.75, 3.05) is 4.90 Å². The second-order valence-electron chi connectivity index (χ2n) is 5.84. The number of nitrogens with zero attached hydrogens (tertiary/aromatic N) is 3. The Morgan fingerprint density at radius 1 is 1.24 bits per heavy atom. The smallest absolute Gasteiger partial charge is 0.318 e.